The molecule has 2 rings (SSSR count). The van der Waals surface area contributed by atoms with Gasteiger partial charge in [-0.05, 0) is 36.4 Å². The molecule has 2 aromatic rings. The standard InChI is InChI=1S/C12H9F2N/c13-9-5-7-10(8-6-9)15-12-4-2-1-3-11(12)14/h1-8,15H. The Kier molecular flexibility index (Phi) is 2.63. The van der Waals surface area contributed by atoms with Crippen LogP contribution in [-0.2, 0) is 0 Å². The summed E-state index contributed by atoms with van der Waals surface area (Å²) < 4.78 is 25.8. The molecule has 0 radical (unpaired) electrons. The van der Waals surface area contributed by atoms with Gasteiger partial charge in [-0.25, -0.2) is 8.78 Å². The predicted molar refractivity (Wildman–Crippen MR) is 56.1 cm³/mol. The summed E-state index contributed by atoms with van der Waals surface area (Å²) in [5.41, 5.74) is 1.03. The molecular formula is C12H9F2N. The van der Waals surface area contributed by atoms with Gasteiger partial charge >= 0.3 is 0 Å². The molecule has 0 amide bonds. The number of anilines is 2. The van der Waals surface area contributed by atoms with Crippen LogP contribution in [0.25, 0.3) is 0 Å². The summed E-state index contributed by atoms with van der Waals surface area (Å²) >= 11 is 0. The molecule has 0 aromatic heterocycles. The molecule has 0 fully saturated rings. The first kappa shape index (κ1) is 9.65. The minimum Gasteiger partial charge on any atom is -0.353 e. The van der Waals surface area contributed by atoms with Gasteiger partial charge < -0.3 is 5.32 Å². The maximum atomic E-state index is 13.2. The van der Waals surface area contributed by atoms with Crippen LogP contribution in [0.15, 0.2) is 48.5 Å². The molecule has 3 heteroatoms. The van der Waals surface area contributed by atoms with Crippen LogP contribution in [0.3, 0.4) is 0 Å². The zero-order valence-electron chi connectivity index (χ0n) is 7.87. The number of rotatable bonds is 2. The predicted octanol–water partition coefficient (Wildman–Crippen LogP) is 3.71. The van der Waals surface area contributed by atoms with Gasteiger partial charge in [0, 0.05) is 5.69 Å². The lowest BCUT2D eigenvalue weighted by Crippen LogP contribution is -1.92. The van der Waals surface area contributed by atoms with Gasteiger partial charge in [0.2, 0.25) is 0 Å². The Bertz CT molecular complexity index is 451. The van der Waals surface area contributed by atoms with Gasteiger partial charge in [0.05, 0.1) is 5.69 Å². The van der Waals surface area contributed by atoms with E-state index in [0.717, 1.165) is 0 Å². The van der Waals surface area contributed by atoms with Crippen LogP contribution in [0.4, 0.5) is 20.2 Å². The fraction of sp³-hybridized carbons (Fsp3) is 0. The first-order valence-corrected chi connectivity index (χ1v) is 4.53. The second-order valence-corrected chi connectivity index (χ2v) is 3.11. The van der Waals surface area contributed by atoms with Gasteiger partial charge in [-0.15, -0.1) is 0 Å². The van der Waals surface area contributed by atoms with E-state index in [-0.39, 0.29) is 11.6 Å². The van der Waals surface area contributed by atoms with Gasteiger partial charge in [-0.2, -0.15) is 0 Å². The van der Waals surface area contributed by atoms with Crippen LogP contribution < -0.4 is 5.32 Å². The smallest absolute Gasteiger partial charge is 0.146 e. The van der Waals surface area contributed by atoms with Crippen molar-refractivity contribution >= 4 is 11.4 Å². The van der Waals surface area contributed by atoms with Crippen molar-refractivity contribution in [2.75, 3.05) is 5.32 Å². The molecule has 0 spiro atoms. The Morgan fingerprint density at radius 1 is 0.800 bits per heavy atom. The highest BCUT2D eigenvalue weighted by Gasteiger charge is 2.00. The van der Waals surface area contributed by atoms with Gasteiger partial charge in [0.15, 0.2) is 0 Å². The molecule has 0 aliphatic heterocycles. The Balaban J connectivity index is 2.22. The first-order valence-electron chi connectivity index (χ1n) is 4.53. The zero-order chi connectivity index (χ0) is 10.7. The molecule has 0 atom stereocenters. The number of nitrogens with one attached hydrogen (secondary N) is 1. The van der Waals surface area contributed by atoms with Crippen LogP contribution in [-0.4, -0.2) is 0 Å². The number of hydrogen-bond acceptors (Lipinski definition) is 1. The van der Waals surface area contributed by atoms with Crippen molar-refractivity contribution in [3.8, 4) is 0 Å². The molecule has 0 heterocycles. The van der Waals surface area contributed by atoms with E-state index in [4.69, 9.17) is 0 Å². The Morgan fingerprint density at radius 2 is 1.47 bits per heavy atom. The van der Waals surface area contributed by atoms with E-state index >= 15 is 0 Å². The Labute approximate surface area is 86.4 Å². The summed E-state index contributed by atoms with van der Waals surface area (Å²) in [5, 5.41) is 2.86. The van der Waals surface area contributed by atoms with Crippen LogP contribution in [0.1, 0.15) is 0 Å². The average Bonchev–Trinajstić information content (AvgIpc) is 2.25. The van der Waals surface area contributed by atoms with Crippen molar-refractivity contribution in [3.05, 3.63) is 60.2 Å². The molecule has 0 aliphatic rings. The van der Waals surface area contributed by atoms with Crippen molar-refractivity contribution < 1.29 is 8.78 Å². The lowest BCUT2D eigenvalue weighted by molar-refractivity contribution is 0.628. The van der Waals surface area contributed by atoms with Gasteiger partial charge in [-0.1, -0.05) is 12.1 Å². The molecule has 1 N–H and O–H groups in total. The van der Waals surface area contributed by atoms with Gasteiger partial charge in [0.25, 0.3) is 0 Å². The van der Waals surface area contributed by atoms with E-state index in [1.165, 1.54) is 18.2 Å². The maximum Gasteiger partial charge on any atom is 0.146 e. The van der Waals surface area contributed by atoms with E-state index < -0.39 is 0 Å². The molecule has 1 nitrogen and oxygen atoms in total. The monoisotopic (exact) mass is 205 g/mol. The summed E-state index contributed by atoms with van der Waals surface area (Å²) in [5.74, 6) is -0.643. The number of hydrogen-bond donors (Lipinski definition) is 1. The minimum atomic E-state index is -0.332. The van der Waals surface area contributed by atoms with Crippen molar-refractivity contribution in [2.45, 2.75) is 0 Å². The Morgan fingerprint density at radius 3 is 2.13 bits per heavy atom. The number of halogens is 2. The topological polar surface area (TPSA) is 12.0 Å². The molecule has 0 saturated carbocycles. The molecule has 76 valence electrons. The highest BCUT2D eigenvalue weighted by Crippen LogP contribution is 2.19. The second-order valence-electron chi connectivity index (χ2n) is 3.11. The van der Waals surface area contributed by atoms with E-state index in [9.17, 15) is 8.78 Å². The third-order valence-corrected chi connectivity index (χ3v) is 2.00. The first-order chi connectivity index (χ1) is 7.25. The van der Waals surface area contributed by atoms with E-state index in [1.54, 1.807) is 30.3 Å². The third kappa shape index (κ3) is 2.31. The van der Waals surface area contributed by atoms with Crippen LogP contribution in [0.2, 0.25) is 0 Å². The lowest BCUT2D eigenvalue weighted by Gasteiger charge is -2.06. The molecule has 0 aliphatic carbocycles. The maximum absolute atomic E-state index is 13.2. The van der Waals surface area contributed by atoms with E-state index in [0.29, 0.717) is 11.4 Å². The largest absolute Gasteiger partial charge is 0.353 e. The summed E-state index contributed by atoms with van der Waals surface area (Å²) in [4.78, 5) is 0. The SMILES string of the molecule is Fc1ccc(Nc2ccccc2F)cc1. The van der Waals surface area contributed by atoms with E-state index in [1.807, 2.05) is 0 Å². The van der Waals surface area contributed by atoms with Crippen LogP contribution in [0, 0.1) is 11.6 Å². The quantitative estimate of drug-likeness (QED) is 0.788. The van der Waals surface area contributed by atoms with Crippen molar-refractivity contribution in [2.24, 2.45) is 0 Å². The summed E-state index contributed by atoms with van der Waals surface area (Å²) in [6, 6.07) is 12.1. The van der Waals surface area contributed by atoms with Gasteiger partial charge in [-0.3, -0.25) is 0 Å². The Hall–Kier alpha value is -1.90. The van der Waals surface area contributed by atoms with Gasteiger partial charge in [0.1, 0.15) is 11.6 Å². The van der Waals surface area contributed by atoms with Crippen molar-refractivity contribution in [1.82, 2.24) is 0 Å². The number of benzene rings is 2. The molecule has 15 heavy (non-hydrogen) atoms. The lowest BCUT2D eigenvalue weighted by atomic mass is 10.2. The molecule has 0 saturated heterocycles. The second kappa shape index (κ2) is 4.09. The van der Waals surface area contributed by atoms with Crippen LogP contribution >= 0.6 is 0 Å². The van der Waals surface area contributed by atoms with Crippen molar-refractivity contribution in [3.63, 3.8) is 0 Å². The average molecular weight is 205 g/mol. The molecule has 0 bridgehead atoms. The molecular weight excluding hydrogens is 196 g/mol. The van der Waals surface area contributed by atoms with E-state index in [2.05, 4.69) is 5.32 Å². The third-order valence-electron chi connectivity index (χ3n) is 2.00. The molecule has 0 unspecified atom stereocenters. The number of para-hydroxylation sites is 1. The highest BCUT2D eigenvalue weighted by molar-refractivity contribution is 5.59. The van der Waals surface area contributed by atoms with Crippen molar-refractivity contribution in [1.29, 1.82) is 0 Å². The highest BCUT2D eigenvalue weighted by atomic mass is 19.1. The fourth-order valence-corrected chi connectivity index (χ4v) is 1.25. The summed E-state index contributed by atoms with van der Waals surface area (Å²) in [6.45, 7) is 0. The molecule has 2 aromatic carbocycles. The summed E-state index contributed by atoms with van der Waals surface area (Å²) in [6.07, 6.45) is 0. The minimum absolute atomic E-state index is 0.311. The summed E-state index contributed by atoms with van der Waals surface area (Å²) in [7, 11) is 0. The fourth-order valence-electron chi connectivity index (χ4n) is 1.25. The van der Waals surface area contributed by atoms with Crippen LogP contribution in [0.5, 0.6) is 0 Å². The zero-order valence-corrected chi connectivity index (χ0v) is 7.87. The normalized spacial score (nSPS) is 10.0.